The molecule has 2 aromatic carbocycles. The minimum Gasteiger partial charge on any atom is -0.354 e. The molecule has 2 heterocycles. The first-order chi connectivity index (χ1) is 15.8. The van der Waals surface area contributed by atoms with E-state index in [1.54, 1.807) is 12.1 Å². The van der Waals surface area contributed by atoms with E-state index in [0.29, 0.717) is 5.56 Å². The summed E-state index contributed by atoms with van der Waals surface area (Å²) in [6.45, 7) is 2.68. The van der Waals surface area contributed by atoms with Gasteiger partial charge in [0.1, 0.15) is 5.82 Å². The van der Waals surface area contributed by atoms with Gasteiger partial charge >= 0.3 is 0 Å². The second kappa shape index (κ2) is 9.98. The predicted octanol–water partition coefficient (Wildman–Crippen LogP) is 1.34. The molecule has 0 aromatic heterocycles. The first-order valence-electron chi connectivity index (χ1n) is 11.0. The third kappa shape index (κ3) is 5.76. The average molecular weight is 475 g/mol. The van der Waals surface area contributed by atoms with Crippen molar-refractivity contribution in [2.45, 2.75) is 30.3 Å². The summed E-state index contributed by atoms with van der Waals surface area (Å²) in [4.78, 5) is 26.5. The lowest BCUT2D eigenvalue weighted by Crippen LogP contribution is -2.49. The highest BCUT2D eigenvalue weighted by Gasteiger charge is 2.29. The summed E-state index contributed by atoms with van der Waals surface area (Å²) in [5.41, 5.74) is 1.44. The van der Waals surface area contributed by atoms with Crippen LogP contribution < -0.4 is 10.6 Å². The topological polar surface area (TPSA) is 98.8 Å². The van der Waals surface area contributed by atoms with Crippen molar-refractivity contribution in [2.75, 3.05) is 32.7 Å². The molecule has 0 spiro atoms. The third-order valence-electron chi connectivity index (χ3n) is 6.00. The number of piperazine rings is 1. The number of likely N-dealkylation sites (tertiary alicyclic amines) is 1. The van der Waals surface area contributed by atoms with E-state index >= 15 is 0 Å². The zero-order chi connectivity index (χ0) is 23.4. The Balaban J connectivity index is 1.29. The summed E-state index contributed by atoms with van der Waals surface area (Å²) in [5.74, 6) is -0.817. The van der Waals surface area contributed by atoms with Crippen LogP contribution in [0.4, 0.5) is 4.39 Å². The Kier molecular flexibility index (Phi) is 7.06. The number of hydrogen-bond donors (Lipinski definition) is 2. The quantitative estimate of drug-likeness (QED) is 0.659. The van der Waals surface area contributed by atoms with Gasteiger partial charge in [0.05, 0.1) is 11.4 Å². The molecule has 176 valence electrons. The van der Waals surface area contributed by atoms with Crippen molar-refractivity contribution in [3.63, 3.8) is 0 Å². The van der Waals surface area contributed by atoms with Crippen molar-refractivity contribution >= 4 is 21.8 Å². The average Bonchev–Trinajstić information content (AvgIpc) is 2.82. The van der Waals surface area contributed by atoms with E-state index in [0.717, 1.165) is 42.3 Å². The Morgan fingerprint density at radius 1 is 1.03 bits per heavy atom. The Hall–Kier alpha value is -2.82. The summed E-state index contributed by atoms with van der Waals surface area (Å²) in [7, 11) is -3.78. The molecule has 2 aliphatic rings. The molecule has 0 unspecified atom stereocenters. The summed E-state index contributed by atoms with van der Waals surface area (Å²) >= 11 is 0. The first kappa shape index (κ1) is 23.3. The number of rotatable bonds is 6. The van der Waals surface area contributed by atoms with Crippen molar-refractivity contribution in [3.8, 4) is 0 Å². The minimum absolute atomic E-state index is 0.0391. The van der Waals surface area contributed by atoms with Crippen LogP contribution in [0.15, 0.2) is 53.4 Å². The van der Waals surface area contributed by atoms with E-state index in [4.69, 9.17) is 0 Å². The number of carbonyl (C=O) groups is 2. The number of nitrogens with zero attached hydrogens (tertiary/aromatic N) is 2. The van der Waals surface area contributed by atoms with Crippen LogP contribution in [0.1, 0.15) is 28.8 Å². The Morgan fingerprint density at radius 3 is 2.33 bits per heavy atom. The number of piperidine rings is 1. The predicted molar refractivity (Wildman–Crippen MR) is 120 cm³/mol. The van der Waals surface area contributed by atoms with Crippen molar-refractivity contribution < 1.29 is 22.4 Å². The monoisotopic (exact) mass is 474 g/mol. The van der Waals surface area contributed by atoms with Gasteiger partial charge in [-0.25, -0.2) is 12.8 Å². The molecular formula is C23H27FN4O4S. The van der Waals surface area contributed by atoms with Gasteiger partial charge in [0, 0.05) is 44.3 Å². The van der Waals surface area contributed by atoms with Crippen LogP contribution in [0.25, 0.3) is 0 Å². The second-order valence-electron chi connectivity index (χ2n) is 8.36. The molecular weight excluding hydrogens is 447 g/mol. The Labute approximate surface area is 192 Å². The highest BCUT2D eigenvalue weighted by atomic mass is 32.2. The molecule has 10 heteroatoms. The van der Waals surface area contributed by atoms with Crippen molar-refractivity contribution in [3.05, 3.63) is 65.5 Å². The number of halogens is 1. The molecule has 4 rings (SSSR count). The van der Waals surface area contributed by atoms with E-state index in [2.05, 4.69) is 15.5 Å². The Bertz CT molecular complexity index is 1100. The molecule has 0 atom stereocenters. The Morgan fingerprint density at radius 2 is 1.70 bits per heavy atom. The molecule has 2 fully saturated rings. The molecule has 0 aliphatic carbocycles. The van der Waals surface area contributed by atoms with Crippen LogP contribution in [0.5, 0.6) is 0 Å². The van der Waals surface area contributed by atoms with Crippen LogP contribution >= 0.6 is 0 Å². The fourth-order valence-corrected chi connectivity index (χ4v) is 5.50. The van der Waals surface area contributed by atoms with Crippen LogP contribution in [0.3, 0.4) is 0 Å². The molecule has 2 aliphatic heterocycles. The van der Waals surface area contributed by atoms with Gasteiger partial charge in [-0.05, 0) is 54.8 Å². The normalized spacial score (nSPS) is 18.6. The van der Waals surface area contributed by atoms with Gasteiger partial charge in [0.15, 0.2) is 0 Å². The van der Waals surface area contributed by atoms with Crippen molar-refractivity contribution in [2.24, 2.45) is 0 Å². The molecule has 2 N–H and O–H groups in total. The lowest BCUT2D eigenvalue weighted by atomic mass is 10.0. The third-order valence-corrected chi connectivity index (χ3v) is 7.86. The maximum absolute atomic E-state index is 13.1. The van der Waals surface area contributed by atoms with Gasteiger partial charge in [-0.1, -0.05) is 12.1 Å². The van der Waals surface area contributed by atoms with Gasteiger partial charge in [-0.2, -0.15) is 4.31 Å². The van der Waals surface area contributed by atoms with Crippen LogP contribution in [0.2, 0.25) is 0 Å². The van der Waals surface area contributed by atoms with E-state index in [9.17, 15) is 22.4 Å². The van der Waals surface area contributed by atoms with Gasteiger partial charge in [0.25, 0.3) is 5.91 Å². The molecule has 2 saturated heterocycles. The van der Waals surface area contributed by atoms with E-state index in [-0.39, 0.29) is 48.2 Å². The first-order valence-corrected chi connectivity index (χ1v) is 12.4. The maximum atomic E-state index is 13.1. The van der Waals surface area contributed by atoms with E-state index in [1.807, 2.05) is 0 Å². The highest BCUT2D eigenvalue weighted by molar-refractivity contribution is 7.89. The molecule has 0 radical (unpaired) electrons. The van der Waals surface area contributed by atoms with Crippen molar-refractivity contribution in [1.29, 1.82) is 0 Å². The summed E-state index contributed by atoms with van der Waals surface area (Å²) in [5, 5.41) is 5.63. The molecule has 2 amide bonds. The van der Waals surface area contributed by atoms with Crippen LogP contribution in [-0.2, 0) is 21.4 Å². The van der Waals surface area contributed by atoms with E-state index in [1.165, 1.54) is 36.4 Å². The molecule has 0 saturated carbocycles. The molecule has 33 heavy (non-hydrogen) atoms. The summed E-state index contributed by atoms with van der Waals surface area (Å²) < 4.78 is 39.7. The number of hydrogen-bond acceptors (Lipinski definition) is 5. The zero-order valence-corrected chi connectivity index (χ0v) is 19.0. The lowest BCUT2D eigenvalue weighted by Gasteiger charge is -2.32. The van der Waals surface area contributed by atoms with Gasteiger partial charge < -0.3 is 10.6 Å². The van der Waals surface area contributed by atoms with Crippen LogP contribution in [-0.4, -0.2) is 68.2 Å². The smallest absolute Gasteiger partial charge is 0.251 e. The number of carbonyl (C=O) groups excluding carboxylic acids is 2. The molecule has 2 aromatic rings. The van der Waals surface area contributed by atoms with Gasteiger partial charge in [-0.15, -0.1) is 0 Å². The maximum Gasteiger partial charge on any atom is 0.251 e. The van der Waals surface area contributed by atoms with Gasteiger partial charge in [-0.3, -0.25) is 14.5 Å². The van der Waals surface area contributed by atoms with Crippen molar-refractivity contribution in [1.82, 2.24) is 19.8 Å². The fraction of sp³-hybridized carbons (Fsp3) is 0.391. The second-order valence-corrected chi connectivity index (χ2v) is 10.3. The highest BCUT2D eigenvalue weighted by Crippen LogP contribution is 2.18. The van der Waals surface area contributed by atoms with Gasteiger partial charge in [0.2, 0.25) is 15.9 Å². The minimum atomic E-state index is -3.78. The number of amides is 2. The van der Waals surface area contributed by atoms with E-state index < -0.39 is 10.0 Å². The molecule has 0 bridgehead atoms. The lowest BCUT2D eigenvalue weighted by molar-refractivity contribution is -0.122. The fourth-order valence-electron chi connectivity index (χ4n) is 4.10. The summed E-state index contributed by atoms with van der Waals surface area (Å²) in [6.07, 6.45) is 1.60. The standard InChI is InChI=1S/C23H27FN4O4S/c24-19-5-1-17(2-6-19)15-27-12-9-20(10-13-27)26-23(30)18-3-7-21(8-4-18)33(31,32)28-14-11-25-22(29)16-28/h1-8,20H,9-16H2,(H,25,29)(H,26,30). The largest absolute Gasteiger partial charge is 0.354 e. The molecule has 8 nitrogen and oxygen atoms in total. The zero-order valence-electron chi connectivity index (χ0n) is 18.2. The SMILES string of the molecule is O=C1CN(S(=O)(=O)c2ccc(C(=O)NC3CCN(Cc4ccc(F)cc4)CC3)cc2)CCN1. The number of nitrogens with one attached hydrogen (secondary N) is 2. The summed E-state index contributed by atoms with van der Waals surface area (Å²) in [6, 6.07) is 12.3. The number of sulfonamides is 1. The van der Waals surface area contributed by atoms with Crippen LogP contribution in [0, 0.1) is 5.82 Å². The number of benzene rings is 2.